The first-order chi connectivity index (χ1) is 8.45. The number of amidine groups is 1. The molecule has 0 aliphatic carbocycles. The summed E-state index contributed by atoms with van der Waals surface area (Å²) in [5.41, 5.74) is 7.15. The van der Waals surface area contributed by atoms with Gasteiger partial charge < -0.3 is 15.8 Å². The maximum Gasteiger partial charge on any atom is 0.254 e. The van der Waals surface area contributed by atoms with Crippen molar-refractivity contribution in [1.29, 1.82) is 0 Å². The number of oxime groups is 1. The van der Waals surface area contributed by atoms with Crippen LogP contribution in [0, 0.1) is 6.92 Å². The highest BCUT2D eigenvalue weighted by molar-refractivity contribution is 5.97. The first kappa shape index (κ1) is 14.0. The minimum absolute atomic E-state index is 0.0177. The summed E-state index contributed by atoms with van der Waals surface area (Å²) in [7, 11) is 0. The van der Waals surface area contributed by atoms with Crippen LogP contribution in [-0.4, -0.2) is 34.4 Å². The highest BCUT2D eigenvalue weighted by atomic mass is 16.4. The van der Waals surface area contributed by atoms with Crippen LogP contribution in [0.4, 0.5) is 0 Å². The van der Waals surface area contributed by atoms with Crippen LogP contribution >= 0.6 is 0 Å². The van der Waals surface area contributed by atoms with E-state index >= 15 is 0 Å². The number of aryl methyl sites for hydroxylation is 1. The molecule has 0 aliphatic heterocycles. The Hall–Kier alpha value is -2.04. The molecule has 18 heavy (non-hydrogen) atoms. The number of carbonyl (C=O) groups excluding carboxylic acids is 1. The fraction of sp³-hybridized carbons (Fsp3) is 0.385. The Morgan fingerprint density at radius 2 is 1.94 bits per heavy atom. The number of hydrogen-bond acceptors (Lipinski definition) is 3. The molecule has 0 heterocycles. The molecule has 0 fully saturated rings. The van der Waals surface area contributed by atoms with Gasteiger partial charge in [0.05, 0.1) is 6.54 Å². The average molecular weight is 249 g/mol. The van der Waals surface area contributed by atoms with E-state index < -0.39 is 0 Å². The molecular formula is C13H19N3O2. The maximum absolute atomic E-state index is 12.3. The van der Waals surface area contributed by atoms with E-state index in [1.54, 1.807) is 17.0 Å². The summed E-state index contributed by atoms with van der Waals surface area (Å²) in [5.74, 6) is -0.110. The highest BCUT2D eigenvalue weighted by Crippen LogP contribution is 2.09. The number of benzene rings is 1. The maximum atomic E-state index is 12.3. The van der Waals surface area contributed by atoms with Crippen molar-refractivity contribution in [2.75, 3.05) is 6.54 Å². The van der Waals surface area contributed by atoms with Crippen molar-refractivity contribution in [3.63, 3.8) is 0 Å². The Morgan fingerprint density at radius 3 is 2.39 bits per heavy atom. The molecule has 0 radical (unpaired) electrons. The summed E-state index contributed by atoms with van der Waals surface area (Å²) in [4.78, 5) is 13.8. The molecule has 0 spiro atoms. The number of nitrogens with two attached hydrogens (primary N) is 1. The minimum Gasteiger partial charge on any atom is -0.409 e. The van der Waals surface area contributed by atoms with Crippen LogP contribution in [0.5, 0.6) is 0 Å². The quantitative estimate of drug-likeness (QED) is 0.368. The molecule has 3 N–H and O–H groups in total. The third-order valence-corrected chi connectivity index (χ3v) is 2.64. The zero-order valence-electron chi connectivity index (χ0n) is 10.9. The molecule has 0 saturated heterocycles. The van der Waals surface area contributed by atoms with Crippen LogP contribution in [0.2, 0.25) is 0 Å². The van der Waals surface area contributed by atoms with E-state index in [1.165, 1.54) is 0 Å². The Labute approximate surface area is 107 Å². The lowest BCUT2D eigenvalue weighted by Gasteiger charge is -2.26. The fourth-order valence-electron chi connectivity index (χ4n) is 1.56. The number of amides is 1. The van der Waals surface area contributed by atoms with Crippen molar-refractivity contribution in [3.8, 4) is 0 Å². The van der Waals surface area contributed by atoms with Gasteiger partial charge in [0, 0.05) is 11.6 Å². The normalized spacial score (nSPS) is 11.7. The van der Waals surface area contributed by atoms with Crippen molar-refractivity contribution in [2.45, 2.75) is 26.8 Å². The second-order valence-corrected chi connectivity index (χ2v) is 4.48. The van der Waals surface area contributed by atoms with Gasteiger partial charge in [-0.1, -0.05) is 22.9 Å². The molecule has 0 bridgehead atoms. The molecule has 5 nitrogen and oxygen atoms in total. The molecule has 1 aromatic rings. The number of carbonyl (C=O) groups is 1. The van der Waals surface area contributed by atoms with Crippen molar-refractivity contribution in [2.24, 2.45) is 10.9 Å². The van der Waals surface area contributed by atoms with Crippen molar-refractivity contribution >= 4 is 11.7 Å². The van der Waals surface area contributed by atoms with Crippen molar-refractivity contribution in [1.82, 2.24) is 4.90 Å². The second kappa shape index (κ2) is 6.05. The van der Waals surface area contributed by atoms with E-state index in [0.29, 0.717) is 5.56 Å². The monoisotopic (exact) mass is 249 g/mol. The predicted octanol–water partition coefficient (Wildman–Crippen LogP) is 1.59. The van der Waals surface area contributed by atoms with Crippen LogP contribution in [0.3, 0.4) is 0 Å². The summed E-state index contributed by atoms with van der Waals surface area (Å²) in [5, 5.41) is 11.5. The van der Waals surface area contributed by atoms with E-state index in [4.69, 9.17) is 10.9 Å². The predicted molar refractivity (Wildman–Crippen MR) is 70.8 cm³/mol. The van der Waals surface area contributed by atoms with Crippen LogP contribution in [0.1, 0.15) is 29.8 Å². The summed E-state index contributed by atoms with van der Waals surface area (Å²) in [6.07, 6.45) is 0. The fourth-order valence-corrected chi connectivity index (χ4v) is 1.56. The molecule has 1 rings (SSSR count). The van der Waals surface area contributed by atoms with Gasteiger partial charge in [-0.2, -0.15) is 0 Å². The van der Waals surface area contributed by atoms with Gasteiger partial charge in [-0.25, -0.2) is 0 Å². The first-order valence-electron chi connectivity index (χ1n) is 5.79. The van der Waals surface area contributed by atoms with E-state index in [2.05, 4.69) is 5.16 Å². The number of nitrogens with zero attached hydrogens (tertiary/aromatic N) is 2. The molecule has 1 amide bonds. The molecule has 98 valence electrons. The van der Waals surface area contributed by atoms with E-state index in [1.807, 2.05) is 32.9 Å². The standard InChI is InChI=1S/C13H19N3O2/c1-9(2)16(8-12(14)15-18)13(17)11-6-4-10(3)5-7-11/h4-7,9,18H,8H2,1-3H3,(H2,14,15). The Bertz CT molecular complexity index is 438. The van der Waals surface area contributed by atoms with Gasteiger partial charge in [0.15, 0.2) is 5.84 Å². The molecular weight excluding hydrogens is 230 g/mol. The zero-order chi connectivity index (χ0) is 13.7. The number of rotatable bonds is 4. The zero-order valence-corrected chi connectivity index (χ0v) is 10.9. The smallest absolute Gasteiger partial charge is 0.254 e. The summed E-state index contributed by atoms with van der Waals surface area (Å²) in [6.45, 7) is 5.85. The average Bonchev–Trinajstić information content (AvgIpc) is 2.35. The SMILES string of the molecule is Cc1ccc(C(=O)N(CC(N)=NO)C(C)C)cc1. The van der Waals surface area contributed by atoms with Gasteiger partial charge in [-0.3, -0.25) is 4.79 Å². The summed E-state index contributed by atoms with van der Waals surface area (Å²) >= 11 is 0. The molecule has 1 aromatic carbocycles. The van der Waals surface area contributed by atoms with Crippen LogP contribution in [0.25, 0.3) is 0 Å². The van der Waals surface area contributed by atoms with Gasteiger partial charge >= 0.3 is 0 Å². The van der Waals surface area contributed by atoms with Gasteiger partial charge in [-0.15, -0.1) is 0 Å². The van der Waals surface area contributed by atoms with Crippen molar-refractivity contribution < 1.29 is 10.0 Å². The first-order valence-corrected chi connectivity index (χ1v) is 5.79. The van der Waals surface area contributed by atoms with Crippen molar-refractivity contribution in [3.05, 3.63) is 35.4 Å². The molecule has 0 aromatic heterocycles. The lowest BCUT2D eigenvalue weighted by Crippen LogP contribution is -2.42. The van der Waals surface area contributed by atoms with Gasteiger partial charge in [-0.05, 0) is 32.9 Å². The molecule has 0 atom stereocenters. The summed E-state index contributed by atoms with van der Waals surface area (Å²) < 4.78 is 0. The van der Waals surface area contributed by atoms with E-state index in [0.717, 1.165) is 5.56 Å². The number of hydrogen-bond donors (Lipinski definition) is 2. The largest absolute Gasteiger partial charge is 0.409 e. The molecule has 0 unspecified atom stereocenters. The third-order valence-electron chi connectivity index (χ3n) is 2.64. The van der Waals surface area contributed by atoms with Gasteiger partial charge in [0.25, 0.3) is 5.91 Å². The minimum atomic E-state index is -0.128. The highest BCUT2D eigenvalue weighted by Gasteiger charge is 2.19. The topological polar surface area (TPSA) is 78.9 Å². The molecule has 0 aliphatic rings. The lowest BCUT2D eigenvalue weighted by molar-refractivity contribution is 0.0734. The lowest BCUT2D eigenvalue weighted by atomic mass is 10.1. The molecule has 5 heteroatoms. The van der Waals surface area contributed by atoms with Gasteiger partial charge in [0.2, 0.25) is 0 Å². The van der Waals surface area contributed by atoms with Crippen LogP contribution in [0.15, 0.2) is 29.4 Å². The molecule has 0 saturated carbocycles. The third kappa shape index (κ3) is 3.48. The Kier molecular flexibility index (Phi) is 4.71. The van der Waals surface area contributed by atoms with Crippen LogP contribution in [-0.2, 0) is 0 Å². The second-order valence-electron chi connectivity index (χ2n) is 4.48. The Balaban J connectivity index is 2.92. The van der Waals surface area contributed by atoms with E-state index in [-0.39, 0.29) is 24.3 Å². The Morgan fingerprint density at radius 1 is 1.39 bits per heavy atom. The summed E-state index contributed by atoms with van der Waals surface area (Å²) in [6, 6.07) is 7.29. The van der Waals surface area contributed by atoms with E-state index in [9.17, 15) is 4.79 Å². The van der Waals surface area contributed by atoms with Crippen LogP contribution < -0.4 is 5.73 Å². The van der Waals surface area contributed by atoms with Gasteiger partial charge in [0.1, 0.15) is 0 Å².